The molecule has 0 saturated heterocycles. The van der Waals surface area contributed by atoms with Crippen molar-refractivity contribution >= 4 is 31.6 Å². The molecule has 0 unspecified atom stereocenters. The minimum absolute atomic E-state index is 0.209. The van der Waals surface area contributed by atoms with Crippen molar-refractivity contribution in [2.75, 3.05) is 12.3 Å². The van der Waals surface area contributed by atoms with Gasteiger partial charge in [0, 0.05) is 16.7 Å². The molecule has 1 saturated carbocycles. The summed E-state index contributed by atoms with van der Waals surface area (Å²) in [7, 11) is -3.49. The number of rotatable bonds is 5. The number of benzene rings is 1. The van der Waals surface area contributed by atoms with Crippen molar-refractivity contribution < 1.29 is 8.42 Å². The Labute approximate surface area is 129 Å². The number of sulfonamides is 1. The Morgan fingerprint density at radius 2 is 1.95 bits per heavy atom. The van der Waals surface area contributed by atoms with Gasteiger partial charge in [-0.15, -0.1) is 0 Å². The maximum absolute atomic E-state index is 12.3. The van der Waals surface area contributed by atoms with E-state index in [1.54, 1.807) is 12.1 Å². The number of halogens is 1. The molecule has 0 aromatic heterocycles. The standard InChI is InChI=1S/C14H21BrN2O2S/c15-13-7-6-12(16)10-14(13)20(18,19)17-9-8-11-4-2-1-3-5-11/h6-7,10-11,17H,1-5,8-9,16H2. The van der Waals surface area contributed by atoms with E-state index in [1.165, 1.54) is 38.2 Å². The fraction of sp³-hybridized carbons (Fsp3) is 0.571. The Hall–Kier alpha value is -0.590. The molecule has 0 heterocycles. The molecule has 112 valence electrons. The number of hydrogen-bond donors (Lipinski definition) is 2. The maximum Gasteiger partial charge on any atom is 0.241 e. The number of anilines is 1. The molecule has 20 heavy (non-hydrogen) atoms. The van der Waals surface area contributed by atoms with Gasteiger partial charge in [0.15, 0.2) is 0 Å². The zero-order valence-electron chi connectivity index (χ0n) is 11.4. The number of nitrogen functional groups attached to an aromatic ring is 1. The first-order chi connectivity index (χ1) is 9.49. The Balaban J connectivity index is 1.95. The van der Waals surface area contributed by atoms with Crippen molar-refractivity contribution in [3.8, 4) is 0 Å². The van der Waals surface area contributed by atoms with Crippen LogP contribution in [0.4, 0.5) is 5.69 Å². The van der Waals surface area contributed by atoms with Crippen LogP contribution in [-0.4, -0.2) is 15.0 Å². The molecule has 0 radical (unpaired) electrons. The van der Waals surface area contributed by atoms with E-state index in [9.17, 15) is 8.42 Å². The van der Waals surface area contributed by atoms with E-state index in [0.29, 0.717) is 22.6 Å². The van der Waals surface area contributed by atoms with E-state index >= 15 is 0 Å². The van der Waals surface area contributed by atoms with Crippen LogP contribution in [0.3, 0.4) is 0 Å². The highest BCUT2D eigenvalue weighted by Crippen LogP contribution is 2.27. The molecule has 6 heteroatoms. The predicted molar refractivity (Wildman–Crippen MR) is 84.9 cm³/mol. The Bertz CT molecular complexity index is 554. The van der Waals surface area contributed by atoms with Crippen molar-refractivity contribution in [2.24, 2.45) is 5.92 Å². The van der Waals surface area contributed by atoms with Crippen LogP contribution >= 0.6 is 15.9 Å². The molecule has 1 aromatic rings. The molecule has 2 rings (SSSR count). The quantitative estimate of drug-likeness (QED) is 0.791. The van der Waals surface area contributed by atoms with Crippen LogP contribution in [-0.2, 0) is 10.0 Å². The lowest BCUT2D eigenvalue weighted by Crippen LogP contribution is -2.27. The Morgan fingerprint density at radius 3 is 2.65 bits per heavy atom. The van der Waals surface area contributed by atoms with Crippen LogP contribution in [0.5, 0.6) is 0 Å². The summed E-state index contributed by atoms with van der Waals surface area (Å²) in [6.45, 7) is 0.494. The summed E-state index contributed by atoms with van der Waals surface area (Å²) in [6.07, 6.45) is 7.24. The molecule has 1 fully saturated rings. The molecule has 0 amide bonds. The molecule has 1 aliphatic rings. The van der Waals surface area contributed by atoms with Crippen LogP contribution in [0.2, 0.25) is 0 Å². The summed E-state index contributed by atoms with van der Waals surface area (Å²) in [5.74, 6) is 0.663. The SMILES string of the molecule is Nc1ccc(Br)c(S(=O)(=O)NCCC2CCCCC2)c1. The van der Waals surface area contributed by atoms with E-state index in [4.69, 9.17) is 5.73 Å². The van der Waals surface area contributed by atoms with Crippen LogP contribution < -0.4 is 10.5 Å². The largest absolute Gasteiger partial charge is 0.399 e. The summed E-state index contributed by atoms with van der Waals surface area (Å²) < 4.78 is 27.7. The lowest BCUT2D eigenvalue weighted by Gasteiger charge is -2.21. The molecule has 0 bridgehead atoms. The van der Waals surface area contributed by atoms with Gasteiger partial charge in [-0.25, -0.2) is 13.1 Å². The molecule has 3 N–H and O–H groups in total. The van der Waals surface area contributed by atoms with Crippen LogP contribution in [0, 0.1) is 5.92 Å². The second kappa shape index (κ2) is 6.91. The minimum atomic E-state index is -3.49. The summed E-state index contributed by atoms with van der Waals surface area (Å²) >= 11 is 3.26. The van der Waals surface area contributed by atoms with Gasteiger partial charge in [-0.2, -0.15) is 0 Å². The van der Waals surface area contributed by atoms with Gasteiger partial charge in [0.25, 0.3) is 0 Å². The normalized spacial score (nSPS) is 17.2. The lowest BCUT2D eigenvalue weighted by molar-refractivity contribution is 0.339. The number of nitrogens with two attached hydrogens (primary N) is 1. The van der Waals surface area contributed by atoms with Gasteiger partial charge < -0.3 is 5.73 Å². The van der Waals surface area contributed by atoms with Gasteiger partial charge in [0.1, 0.15) is 0 Å². The third-order valence-electron chi connectivity index (χ3n) is 3.81. The van der Waals surface area contributed by atoms with Gasteiger partial charge in [-0.1, -0.05) is 32.1 Å². The van der Waals surface area contributed by atoms with Gasteiger partial charge in [-0.3, -0.25) is 0 Å². The topological polar surface area (TPSA) is 72.2 Å². The molecule has 1 aliphatic carbocycles. The lowest BCUT2D eigenvalue weighted by atomic mass is 9.87. The van der Waals surface area contributed by atoms with Crippen LogP contribution in [0.25, 0.3) is 0 Å². The van der Waals surface area contributed by atoms with E-state index < -0.39 is 10.0 Å². The average Bonchev–Trinajstić information content (AvgIpc) is 2.42. The highest BCUT2D eigenvalue weighted by Gasteiger charge is 2.19. The number of hydrogen-bond acceptors (Lipinski definition) is 3. The average molecular weight is 361 g/mol. The van der Waals surface area contributed by atoms with Crippen molar-refractivity contribution in [1.29, 1.82) is 0 Å². The summed E-state index contributed by atoms with van der Waals surface area (Å²) in [4.78, 5) is 0.209. The molecule has 4 nitrogen and oxygen atoms in total. The zero-order chi connectivity index (χ0) is 14.6. The monoisotopic (exact) mass is 360 g/mol. The van der Waals surface area contributed by atoms with E-state index in [0.717, 1.165) is 6.42 Å². The smallest absolute Gasteiger partial charge is 0.241 e. The van der Waals surface area contributed by atoms with Gasteiger partial charge >= 0.3 is 0 Å². The van der Waals surface area contributed by atoms with E-state index in [-0.39, 0.29) is 4.90 Å². The molecule has 1 aromatic carbocycles. The van der Waals surface area contributed by atoms with Gasteiger partial charge in [0.05, 0.1) is 4.90 Å². The molecule has 0 spiro atoms. The van der Waals surface area contributed by atoms with Gasteiger partial charge in [0.2, 0.25) is 10.0 Å². The highest BCUT2D eigenvalue weighted by atomic mass is 79.9. The van der Waals surface area contributed by atoms with Crippen molar-refractivity contribution in [3.63, 3.8) is 0 Å². The van der Waals surface area contributed by atoms with Gasteiger partial charge in [-0.05, 0) is 46.5 Å². The van der Waals surface area contributed by atoms with E-state index in [2.05, 4.69) is 20.7 Å². The van der Waals surface area contributed by atoms with Crippen molar-refractivity contribution in [1.82, 2.24) is 4.72 Å². The van der Waals surface area contributed by atoms with Crippen LogP contribution in [0.15, 0.2) is 27.6 Å². The zero-order valence-corrected chi connectivity index (χ0v) is 13.8. The fourth-order valence-electron chi connectivity index (χ4n) is 2.68. The third kappa shape index (κ3) is 4.20. The maximum atomic E-state index is 12.3. The highest BCUT2D eigenvalue weighted by molar-refractivity contribution is 9.10. The van der Waals surface area contributed by atoms with Crippen LogP contribution in [0.1, 0.15) is 38.5 Å². The second-order valence-corrected chi connectivity index (χ2v) is 7.97. The Morgan fingerprint density at radius 1 is 1.25 bits per heavy atom. The minimum Gasteiger partial charge on any atom is -0.399 e. The summed E-state index contributed by atoms with van der Waals surface area (Å²) in [6, 6.07) is 4.81. The first-order valence-electron chi connectivity index (χ1n) is 7.04. The van der Waals surface area contributed by atoms with E-state index in [1.807, 2.05) is 0 Å². The van der Waals surface area contributed by atoms with Crippen molar-refractivity contribution in [2.45, 2.75) is 43.4 Å². The molecule has 0 atom stereocenters. The molecular weight excluding hydrogens is 340 g/mol. The predicted octanol–water partition coefficient (Wildman–Crippen LogP) is 3.28. The number of nitrogens with one attached hydrogen (secondary N) is 1. The summed E-state index contributed by atoms with van der Waals surface area (Å²) in [5, 5.41) is 0. The fourth-order valence-corrected chi connectivity index (χ4v) is 4.72. The first kappa shape index (κ1) is 15.8. The molecular formula is C14H21BrN2O2S. The molecule has 0 aliphatic heterocycles. The van der Waals surface area contributed by atoms with Crippen molar-refractivity contribution in [3.05, 3.63) is 22.7 Å². The third-order valence-corrected chi connectivity index (χ3v) is 6.27. The second-order valence-electron chi connectivity index (χ2n) is 5.38. The summed E-state index contributed by atoms with van der Waals surface area (Å²) in [5.41, 5.74) is 6.10. The first-order valence-corrected chi connectivity index (χ1v) is 9.31. The Kier molecular flexibility index (Phi) is 5.46.